The van der Waals surface area contributed by atoms with Crippen LogP contribution in [0.25, 0.3) is 11.4 Å². The third-order valence-electron chi connectivity index (χ3n) is 6.04. The summed E-state index contributed by atoms with van der Waals surface area (Å²) >= 11 is 0. The average Bonchev–Trinajstić information content (AvgIpc) is 3.48. The van der Waals surface area contributed by atoms with Gasteiger partial charge in [0, 0.05) is 49.7 Å². The number of aromatic nitrogens is 2. The number of benzene rings is 2. The van der Waals surface area contributed by atoms with Crippen molar-refractivity contribution in [3.8, 4) is 11.4 Å². The monoisotopic (exact) mass is 444 g/mol. The van der Waals surface area contributed by atoms with Gasteiger partial charge in [-0.15, -0.1) is 0 Å². The molecule has 3 heterocycles. The number of rotatable bonds is 5. The summed E-state index contributed by atoms with van der Waals surface area (Å²) in [6.07, 6.45) is 4.38. The number of imide groups is 1. The summed E-state index contributed by atoms with van der Waals surface area (Å²) in [4.78, 5) is 45.3. The average molecular weight is 444 g/mol. The number of carbonyl (C=O) groups excluding carboxylic acids is 3. The summed E-state index contributed by atoms with van der Waals surface area (Å²) in [6.45, 7) is 1.73. The Hall–Kier alpha value is -3.98. The lowest BCUT2D eigenvalue weighted by Crippen LogP contribution is -2.50. The Kier molecular flexibility index (Phi) is 5.62. The molecule has 0 spiro atoms. The van der Waals surface area contributed by atoms with Gasteiger partial charge in [-0.3, -0.25) is 19.8 Å². The number of carbonyl (C=O) groups is 3. The van der Waals surface area contributed by atoms with E-state index in [1.54, 1.807) is 12.4 Å². The lowest BCUT2D eigenvalue weighted by molar-refractivity contribution is -0.137. The number of aromatic amines is 1. The SMILES string of the molecule is O=C1CCC(N2Cc3ccc(CNC(=O)Nc4ccc(-c5ncc[nH]5)cc4)cc3C2)C(=O)N1. The number of imidazole rings is 1. The van der Waals surface area contributed by atoms with Gasteiger partial charge in [-0.25, -0.2) is 9.78 Å². The highest BCUT2D eigenvalue weighted by Gasteiger charge is 2.34. The predicted octanol–water partition coefficient (Wildman–Crippen LogP) is 2.52. The molecule has 1 saturated heterocycles. The number of hydrogen-bond donors (Lipinski definition) is 4. The number of nitrogens with one attached hydrogen (secondary N) is 4. The third kappa shape index (κ3) is 4.63. The van der Waals surface area contributed by atoms with Crippen molar-refractivity contribution in [2.75, 3.05) is 5.32 Å². The molecule has 0 radical (unpaired) electrons. The Labute approximate surface area is 190 Å². The van der Waals surface area contributed by atoms with Crippen LogP contribution in [-0.2, 0) is 29.2 Å². The van der Waals surface area contributed by atoms with E-state index in [2.05, 4.69) is 36.9 Å². The van der Waals surface area contributed by atoms with Gasteiger partial charge < -0.3 is 15.6 Å². The smallest absolute Gasteiger partial charge is 0.319 e. The van der Waals surface area contributed by atoms with Crippen molar-refractivity contribution in [2.45, 2.75) is 38.5 Å². The van der Waals surface area contributed by atoms with Crippen molar-refractivity contribution in [3.63, 3.8) is 0 Å². The molecule has 9 heteroatoms. The fourth-order valence-corrected chi connectivity index (χ4v) is 4.33. The van der Waals surface area contributed by atoms with Crippen LogP contribution in [-0.4, -0.2) is 38.8 Å². The van der Waals surface area contributed by atoms with E-state index in [1.165, 1.54) is 5.56 Å². The quantitative estimate of drug-likeness (QED) is 0.451. The number of hydrogen-bond acceptors (Lipinski definition) is 5. The number of urea groups is 1. The number of anilines is 1. The van der Waals surface area contributed by atoms with Gasteiger partial charge in [0.25, 0.3) is 0 Å². The largest absolute Gasteiger partial charge is 0.345 e. The Morgan fingerprint density at radius 2 is 1.91 bits per heavy atom. The lowest BCUT2D eigenvalue weighted by atomic mass is 10.0. The Balaban J connectivity index is 1.14. The van der Waals surface area contributed by atoms with Gasteiger partial charge in [-0.05, 0) is 47.4 Å². The summed E-state index contributed by atoms with van der Waals surface area (Å²) < 4.78 is 0. The summed E-state index contributed by atoms with van der Waals surface area (Å²) in [5.41, 5.74) is 4.94. The highest BCUT2D eigenvalue weighted by molar-refractivity contribution is 6.00. The molecule has 9 nitrogen and oxygen atoms in total. The molecular weight excluding hydrogens is 420 g/mol. The van der Waals surface area contributed by atoms with Gasteiger partial charge in [0.1, 0.15) is 5.82 Å². The molecule has 168 valence electrons. The first kappa shape index (κ1) is 20.9. The van der Waals surface area contributed by atoms with E-state index >= 15 is 0 Å². The predicted molar refractivity (Wildman–Crippen MR) is 122 cm³/mol. The zero-order valence-corrected chi connectivity index (χ0v) is 17.9. The molecule has 0 saturated carbocycles. The zero-order valence-electron chi connectivity index (χ0n) is 17.9. The first-order valence-corrected chi connectivity index (χ1v) is 10.9. The van der Waals surface area contributed by atoms with Crippen LogP contribution in [0.15, 0.2) is 54.9 Å². The third-order valence-corrected chi connectivity index (χ3v) is 6.04. The number of nitrogens with zero attached hydrogens (tertiary/aromatic N) is 2. The second-order valence-corrected chi connectivity index (χ2v) is 8.30. The second-order valence-electron chi connectivity index (χ2n) is 8.30. The Morgan fingerprint density at radius 3 is 2.67 bits per heavy atom. The van der Waals surface area contributed by atoms with E-state index in [-0.39, 0.29) is 23.9 Å². The van der Waals surface area contributed by atoms with Crippen LogP contribution in [0.4, 0.5) is 10.5 Å². The van der Waals surface area contributed by atoms with Gasteiger partial charge in [0.2, 0.25) is 11.8 Å². The molecule has 1 unspecified atom stereocenters. The van der Waals surface area contributed by atoms with Crippen LogP contribution in [0.3, 0.4) is 0 Å². The summed E-state index contributed by atoms with van der Waals surface area (Å²) in [6, 6.07) is 13.0. The maximum atomic E-state index is 12.3. The van der Waals surface area contributed by atoms with Crippen molar-refractivity contribution in [3.05, 3.63) is 71.5 Å². The van der Waals surface area contributed by atoms with E-state index in [9.17, 15) is 14.4 Å². The van der Waals surface area contributed by atoms with Crippen LogP contribution in [0, 0.1) is 0 Å². The maximum absolute atomic E-state index is 12.3. The minimum absolute atomic E-state index is 0.201. The van der Waals surface area contributed by atoms with Gasteiger partial charge in [0.15, 0.2) is 0 Å². The molecule has 3 aromatic rings. The molecule has 4 N–H and O–H groups in total. The molecule has 2 aliphatic heterocycles. The highest BCUT2D eigenvalue weighted by Crippen LogP contribution is 2.28. The summed E-state index contributed by atoms with van der Waals surface area (Å²) in [5, 5.41) is 8.15. The van der Waals surface area contributed by atoms with Crippen molar-refractivity contribution in [1.29, 1.82) is 0 Å². The van der Waals surface area contributed by atoms with Crippen LogP contribution in [0.1, 0.15) is 29.5 Å². The number of amides is 4. The zero-order chi connectivity index (χ0) is 22.8. The van der Waals surface area contributed by atoms with E-state index in [0.717, 1.165) is 22.5 Å². The van der Waals surface area contributed by atoms with Gasteiger partial charge in [0.05, 0.1) is 6.04 Å². The van der Waals surface area contributed by atoms with Crippen LogP contribution < -0.4 is 16.0 Å². The molecule has 1 aromatic heterocycles. The molecular formula is C24H24N6O3. The standard InChI is InChI=1S/C24H24N6O3/c31-21-8-7-20(23(32)29-21)30-13-17-2-1-15(11-18(17)14-30)12-27-24(33)28-19-5-3-16(4-6-19)22-25-9-10-26-22/h1-6,9-11,20H,7-8,12-14H2,(H,25,26)(H2,27,28,33)(H,29,31,32). The van der Waals surface area contributed by atoms with Crippen molar-refractivity contribution in [2.24, 2.45) is 0 Å². The molecule has 0 aliphatic carbocycles. The summed E-state index contributed by atoms with van der Waals surface area (Å²) in [7, 11) is 0. The van der Waals surface area contributed by atoms with E-state index in [1.807, 2.05) is 36.4 Å². The van der Waals surface area contributed by atoms with Crippen molar-refractivity contribution < 1.29 is 14.4 Å². The van der Waals surface area contributed by atoms with E-state index in [0.29, 0.717) is 38.2 Å². The first-order valence-electron chi connectivity index (χ1n) is 10.9. The normalized spacial score (nSPS) is 18.0. The van der Waals surface area contributed by atoms with Crippen molar-refractivity contribution in [1.82, 2.24) is 25.5 Å². The van der Waals surface area contributed by atoms with Crippen LogP contribution in [0.5, 0.6) is 0 Å². The van der Waals surface area contributed by atoms with Crippen LogP contribution >= 0.6 is 0 Å². The minimum Gasteiger partial charge on any atom is -0.345 e. The maximum Gasteiger partial charge on any atom is 0.319 e. The molecule has 33 heavy (non-hydrogen) atoms. The second kappa shape index (κ2) is 8.87. The van der Waals surface area contributed by atoms with Crippen LogP contribution in [0.2, 0.25) is 0 Å². The molecule has 2 aliphatic rings. The van der Waals surface area contributed by atoms with E-state index in [4.69, 9.17) is 0 Å². The number of piperidine rings is 1. The molecule has 5 rings (SSSR count). The topological polar surface area (TPSA) is 119 Å². The molecule has 1 atom stereocenters. The fourth-order valence-electron chi connectivity index (χ4n) is 4.33. The minimum atomic E-state index is -0.286. The fraction of sp³-hybridized carbons (Fsp3) is 0.250. The molecule has 4 amide bonds. The highest BCUT2D eigenvalue weighted by atomic mass is 16.2. The lowest BCUT2D eigenvalue weighted by Gasteiger charge is -2.29. The molecule has 2 aromatic carbocycles. The Bertz CT molecular complexity index is 1190. The van der Waals surface area contributed by atoms with Gasteiger partial charge in [-0.2, -0.15) is 0 Å². The van der Waals surface area contributed by atoms with Gasteiger partial charge in [-0.1, -0.05) is 18.2 Å². The van der Waals surface area contributed by atoms with E-state index < -0.39 is 0 Å². The first-order chi connectivity index (χ1) is 16.0. The Morgan fingerprint density at radius 1 is 1.09 bits per heavy atom. The summed E-state index contributed by atoms with van der Waals surface area (Å²) in [5.74, 6) is 0.363. The van der Waals surface area contributed by atoms with Gasteiger partial charge >= 0.3 is 6.03 Å². The number of fused-ring (bicyclic) bond motifs is 1. The number of H-pyrrole nitrogens is 1. The molecule has 0 bridgehead atoms. The van der Waals surface area contributed by atoms with Crippen molar-refractivity contribution >= 4 is 23.5 Å². The molecule has 1 fully saturated rings.